The molecule has 4 rings (SSSR count). The Morgan fingerprint density at radius 3 is 2.61 bits per heavy atom. The van der Waals surface area contributed by atoms with Crippen LogP contribution in [0.25, 0.3) is 11.3 Å². The smallest absolute Gasteiger partial charge is 0.319 e. The van der Waals surface area contributed by atoms with E-state index in [0.29, 0.717) is 22.6 Å². The fourth-order valence-corrected chi connectivity index (χ4v) is 5.53. The topological polar surface area (TPSA) is 88.2 Å². The highest BCUT2D eigenvalue weighted by Gasteiger charge is 2.30. The zero-order valence-corrected chi connectivity index (χ0v) is 16.8. The number of thiazole rings is 1. The Kier molecular flexibility index (Phi) is 4.91. The molecule has 3 aromatic rings. The third-order valence-electron chi connectivity index (χ3n) is 4.67. The molecular weight excluding hydrogens is 394 g/mol. The fraction of sp³-hybridized carbons (Fsp3) is 0.200. The summed E-state index contributed by atoms with van der Waals surface area (Å²) in [5, 5.41) is 8.70. The summed E-state index contributed by atoms with van der Waals surface area (Å²) in [6.07, 6.45) is 0.356. The number of hydrogen-bond donors (Lipinski definition) is 2. The van der Waals surface area contributed by atoms with Crippen molar-refractivity contribution < 1.29 is 13.2 Å². The van der Waals surface area contributed by atoms with Crippen molar-refractivity contribution in [2.24, 2.45) is 0 Å². The lowest BCUT2D eigenvalue weighted by Crippen LogP contribution is -2.36. The molecule has 0 saturated carbocycles. The maximum Gasteiger partial charge on any atom is 0.319 e. The number of fused-ring (bicyclic) bond motifs is 1. The van der Waals surface area contributed by atoms with Gasteiger partial charge in [-0.3, -0.25) is 0 Å². The second-order valence-electron chi connectivity index (χ2n) is 6.63. The molecule has 0 aliphatic carbocycles. The highest BCUT2D eigenvalue weighted by atomic mass is 32.2. The number of anilines is 1. The minimum Gasteiger partial charge on any atom is -0.331 e. The van der Waals surface area contributed by atoms with Gasteiger partial charge in [-0.05, 0) is 37.1 Å². The summed E-state index contributed by atoms with van der Waals surface area (Å²) >= 11 is 1.59. The summed E-state index contributed by atoms with van der Waals surface area (Å²) in [4.78, 5) is 17.2. The molecule has 1 aromatic heterocycles. The molecule has 2 N–H and O–H groups in total. The summed E-state index contributed by atoms with van der Waals surface area (Å²) in [5.41, 5.74) is 3.20. The molecule has 28 heavy (non-hydrogen) atoms. The Bertz CT molecular complexity index is 1120. The molecule has 6 nitrogen and oxygen atoms in total. The predicted octanol–water partition coefficient (Wildman–Crippen LogP) is 4.16. The second-order valence-corrected chi connectivity index (χ2v) is 9.77. The van der Waals surface area contributed by atoms with Crippen LogP contribution in [0.4, 0.5) is 10.5 Å². The summed E-state index contributed by atoms with van der Waals surface area (Å²) in [7, 11) is -3.28. The molecule has 1 unspecified atom stereocenters. The van der Waals surface area contributed by atoms with Crippen LogP contribution in [0.1, 0.15) is 23.0 Å². The van der Waals surface area contributed by atoms with E-state index in [2.05, 4.69) is 15.6 Å². The van der Waals surface area contributed by atoms with Crippen molar-refractivity contribution in [3.63, 3.8) is 0 Å². The molecule has 2 aromatic carbocycles. The molecule has 0 bridgehead atoms. The number of aryl methyl sites for hydroxylation is 1. The number of urea groups is 1. The van der Waals surface area contributed by atoms with Crippen LogP contribution in [-0.4, -0.2) is 25.2 Å². The van der Waals surface area contributed by atoms with Gasteiger partial charge in [-0.2, -0.15) is 0 Å². The zero-order valence-electron chi connectivity index (χ0n) is 15.2. The van der Waals surface area contributed by atoms with Crippen LogP contribution >= 0.6 is 11.3 Å². The van der Waals surface area contributed by atoms with Gasteiger partial charge in [0.25, 0.3) is 0 Å². The molecule has 2 heterocycles. The van der Waals surface area contributed by atoms with Gasteiger partial charge in [0.2, 0.25) is 0 Å². The van der Waals surface area contributed by atoms with Gasteiger partial charge in [0.05, 0.1) is 27.4 Å². The lowest BCUT2D eigenvalue weighted by atomic mass is 10.0. The normalized spacial score (nSPS) is 17.5. The number of nitrogens with zero attached hydrogens (tertiary/aromatic N) is 1. The summed E-state index contributed by atoms with van der Waals surface area (Å²) in [6.45, 7) is 1.96. The van der Waals surface area contributed by atoms with Crippen LogP contribution in [0, 0.1) is 6.92 Å². The summed E-state index contributed by atoms with van der Waals surface area (Å²) < 4.78 is 24.4. The molecule has 8 heteroatoms. The molecule has 1 aliphatic heterocycles. The van der Waals surface area contributed by atoms with Crippen LogP contribution in [0.2, 0.25) is 0 Å². The van der Waals surface area contributed by atoms with E-state index in [4.69, 9.17) is 0 Å². The van der Waals surface area contributed by atoms with Gasteiger partial charge in [-0.1, -0.05) is 30.3 Å². The highest BCUT2D eigenvalue weighted by Crippen LogP contribution is 2.32. The SMILES string of the molecule is Cc1nc(-c2ccc(NC(=O)NC3CCS(=O)(=O)c4ccccc43)cc2)cs1. The third kappa shape index (κ3) is 3.79. The number of aromatic nitrogens is 1. The van der Waals surface area contributed by atoms with Gasteiger partial charge in [-0.25, -0.2) is 18.2 Å². The Labute approximate surface area is 167 Å². The molecule has 0 saturated heterocycles. The first-order valence-electron chi connectivity index (χ1n) is 8.84. The van der Waals surface area contributed by atoms with Gasteiger partial charge < -0.3 is 10.6 Å². The fourth-order valence-electron chi connectivity index (χ4n) is 3.29. The van der Waals surface area contributed by atoms with Crippen LogP contribution in [0.15, 0.2) is 58.8 Å². The molecule has 144 valence electrons. The minimum absolute atomic E-state index is 0.0245. The average molecular weight is 414 g/mol. The molecule has 1 aliphatic rings. The van der Waals surface area contributed by atoms with E-state index < -0.39 is 9.84 Å². The summed E-state index contributed by atoms with van der Waals surface area (Å²) in [5.74, 6) is 0.0245. The van der Waals surface area contributed by atoms with Crippen molar-refractivity contribution >= 4 is 32.9 Å². The Morgan fingerprint density at radius 1 is 1.14 bits per heavy atom. The van der Waals surface area contributed by atoms with Crippen molar-refractivity contribution in [2.45, 2.75) is 24.3 Å². The molecule has 2 amide bonds. The number of amides is 2. The van der Waals surface area contributed by atoms with Crippen molar-refractivity contribution in [3.05, 3.63) is 64.5 Å². The number of carbonyl (C=O) groups excluding carboxylic acids is 1. The molecule has 0 fully saturated rings. The number of hydrogen-bond acceptors (Lipinski definition) is 5. The Morgan fingerprint density at radius 2 is 1.89 bits per heavy atom. The van der Waals surface area contributed by atoms with Crippen molar-refractivity contribution in [3.8, 4) is 11.3 Å². The zero-order chi connectivity index (χ0) is 19.7. The second kappa shape index (κ2) is 7.37. The van der Waals surface area contributed by atoms with Gasteiger partial charge >= 0.3 is 6.03 Å². The van der Waals surface area contributed by atoms with Crippen LogP contribution in [0.5, 0.6) is 0 Å². The quantitative estimate of drug-likeness (QED) is 0.675. The van der Waals surface area contributed by atoms with Crippen molar-refractivity contribution in [1.29, 1.82) is 0 Å². The van der Waals surface area contributed by atoms with Crippen molar-refractivity contribution in [1.82, 2.24) is 10.3 Å². The van der Waals surface area contributed by atoms with Gasteiger partial charge in [0, 0.05) is 16.6 Å². The lowest BCUT2D eigenvalue weighted by molar-refractivity contribution is 0.248. The third-order valence-corrected chi connectivity index (χ3v) is 7.26. The number of carbonyl (C=O) groups is 1. The van der Waals surface area contributed by atoms with Gasteiger partial charge in [0.15, 0.2) is 9.84 Å². The Hall–Kier alpha value is -2.71. The van der Waals surface area contributed by atoms with E-state index in [1.165, 1.54) is 0 Å². The monoisotopic (exact) mass is 413 g/mol. The molecule has 0 radical (unpaired) electrons. The van der Waals surface area contributed by atoms with Gasteiger partial charge in [0.1, 0.15) is 0 Å². The average Bonchev–Trinajstić information content (AvgIpc) is 3.11. The van der Waals surface area contributed by atoms with E-state index in [-0.39, 0.29) is 17.8 Å². The largest absolute Gasteiger partial charge is 0.331 e. The maximum absolute atomic E-state index is 12.4. The first kappa shape index (κ1) is 18.6. The van der Waals surface area contributed by atoms with Crippen LogP contribution in [0.3, 0.4) is 0 Å². The predicted molar refractivity (Wildman–Crippen MR) is 110 cm³/mol. The first-order chi connectivity index (χ1) is 13.4. The van der Waals surface area contributed by atoms with Crippen LogP contribution < -0.4 is 10.6 Å². The van der Waals surface area contributed by atoms with E-state index in [0.717, 1.165) is 16.3 Å². The van der Waals surface area contributed by atoms with E-state index in [1.54, 1.807) is 35.6 Å². The maximum atomic E-state index is 12.4. The van der Waals surface area contributed by atoms with Crippen LogP contribution in [-0.2, 0) is 9.84 Å². The number of benzene rings is 2. The molecule has 1 atom stereocenters. The van der Waals surface area contributed by atoms with E-state index in [1.807, 2.05) is 36.6 Å². The first-order valence-corrected chi connectivity index (χ1v) is 11.4. The number of nitrogens with one attached hydrogen (secondary N) is 2. The van der Waals surface area contributed by atoms with Crippen molar-refractivity contribution in [2.75, 3.05) is 11.1 Å². The molecule has 0 spiro atoms. The molecular formula is C20H19N3O3S2. The van der Waals surface area contributed by atoms with E-state index in [9.17, 15) is 13.2 Å². The number of rotatable bonds is 3. The summed E-state index contributed by atoms with van der Waals surface area (Å²) in [6, 6.07) is 13.6. The van der Waals surface area contributed by atoms with E-state index >= 15 is 0 Å². The number of sulfone groups is 1. The minimum atomic E-state index is -3.28. The standard InChI is InChI=1S/C20H19N3O3S2/c1-13-21-18(12-27-13)14-6-8-15(9-7-14)22-20(24)23-17-10-11-28(25,26)19-5-3-2-4-16(17)19/h2-9,12,17H,10-11H2,1H3,(H2,22,23,24). The highest BCUT2D eigenvalue weighted by molar-refractivity contribution is 7.91. The Balaban J connectivity index is 1.45. The van der Waals surface area contributed by atoms with Gasteiger partial charge in [-0.15, -0.1) is 11.3 Å². The lowest BCUT2D eigenvalue weighted by Gasteiger charge is -2.26.